The molecule has 1 aromatic carbocycles. The van der Waals surface area contributed by atoms with Crippen LogP contribution in [0.5, 0.6) is 0 Å². The summed E-state index contributed by atoms with van der Waals surface area (Å²) in [4.78, 5) is 2.57. The summed E-state index contributed by atoms with van der Waals surface area (Å²) >= 11 is 0. The smallest absolute Gasteiger partial charge is 0.0645 e. The number of oxime groups is 1. The lowest BCUT2D eigenvalue weighted by molar-refractivity contribution is 0.179. The third-order valence-electron chi connectivity index (χ3n) is 5.60. The van der Waals surface area contributed by atoms with Crippen molar-refractivity contribution in [2.75, 3.05) is 6.54 Å². The van der Waals surface area contributed by atoms with Gasteiger partial charge in [-0.3, -0.25) is 4.90 Å². The molecule has 2 fully saturated rings. The lowest BCUT2D eigenvalue weighted by Gasteiger charge is -2.34. The quantitative estimate of drug-likeness (QED) is 0.510. The Hall–Kier alpha value is -1.61. The SMILES string of the molecule is C=CCN1[C@H]2CCCC/C(=N/O)[C@@]2(C)C[C@H]1c1ccccc1. The zero-order chi connectivity index (χ0) is 15.6. The van der Waals surface area contributed by atoms with Crippen molar-refractivity contribution < 1.29 is 5.21 Å². The van der Waals surface area contributed by atoms with Crippen LogP contribution in [0, 0.1) is 5.41 Å². The second-order valence-corrected chi connectivity index (χ2v) is 6.84. The van der Waals surface area contributed by atoms with Crippen LogP contribution in [0.4, 0.5) is 0 Å². The average Bonchev–Trinajstić information content (AvgIpc) is 2.72. The predicted octanol–water partition coefficient (Wildman–Crippen LogP) is 4.40. The second-order valence-electron chi connectivity index (χ2n) is 6.84. The molecule has 0 aromatic heterocycles. The highest BCUT2D eigenvalue weighted by molar-refractivity contribution is 5.91. The van der Waals surface area contributed by atoms with E-state index in [0.717, 1.165) is 31.5 Å². The highest BCUT2D eigenvalue weighted by Gasteiger charge is 2.52. The van der Waals surface area contributed by atoms with Crippen molar-refractivity contribution in [2.45, 2.75) is 51.1 Å². The third-order valence-corrected chi connectivity index (χ3v) is 5.60. The molecule has 118 valence electrons. The van der Waals surface area contributed by atoms with E-state index in [1.54, 1.807) is 0 Å². The molecule has 1 saturated heterocycles. The molecular formula is C19H26N2O. The lowest BCUT2D eigenvalue weighted by Crippen LogP contribution is -2.42. The number of rotatable bonds is 3. The Morgan fingerprint density at radius 2 is 2.14 bits per heavy atom. The number of hydrogen-bond acceptors (Lipinski definition) is 3. The molecule has 3 heteroatoms. The van der Waals surface area contributed by atoms with Gasteiger partial charge in [-0.2, -0.15) is 0 Å². The van der Waals surface area contributed by atoms with Gasteiger partial charge in [0.05, 0.1) is 5.71 Å². The zero-order valence-electron chi connectivity index (χ0n) is 13.4. The molecule has 0 amide bonds. The molecule has 1 heterocycles. The summed E-state index contributed by atoms with van der Waals surface area (Å²) in [7, 11) is 0. The molecule has 0 bridgehead atoms. The fourth-order valence-corrected chi connectivity index (χ4v) is 4.50. The number of benzene rings is 1. The van der Waals surface area contributed by atoms with Crippen LogP contribution in [0.1, 0.15) is 50.6 Å². The van der Waals surface area contributed by atoms with Gasteiger partial charge in [-0.05, 0) is 31.2 Å². The first-order chi connectivity index (χ1) is 10.7. The number of nitrogens with zero attached hydrogens (tertiary/aromatic N) is 2. The monoisotopic (exact) mass is 298 g/mol. The van der Waals surface area contributed by atoms with Gasteiger partial charge in [-0.1, -0.05) is 54.9 Å². The van der Waals surface area contributed by atoms with Gasteiger partial charge in [0.25, 0.3) is 0 Å². The summed E-state index contributed by atoms with van der Waals surface area (Å²) in [6.07, 6.45) is 7.45. The first kappa shape index (κ1) is 15.3. The maximum atomic E-state index is 9.55. The van der Waals surface area contributed by atoms with E-state index in [2.05, 4.69) is 53.9 Å². The molecule has 3 rings (SSSR count). The van der Waals surface area contributed by atoms with Crippen molar-refractivity contribution in [2.24, 2.45) is 10.6 Å². The van der Waals surface area contributed by atoms with E-state index in [9.17, 15) is 5.21 Å². The van der Waals surface area contributed by atoms with Crippen molar-refractivity contribution in [3.63, 3.8) is 0 Å². The molecule has 22 heavy (non-hydrogen) atoms. The normalized spacial score (nSPS) is 34.3. The lowest BCUT2D eigenvalue weighted by atomic mass is 9.75. The molecule has 1 aliphatic carbocycles. The van der Waals surface area contributed by atoms with Crippen LogP contribution >= 0.6 is 0 Å². The zero-order valence-corrected chi connectivity index (χ0v) is 13.4. The number of fused-ring (bicyclic) bond motifs is 1. The van der Waals surface area contributed by atoms with E-state index in [-0.39, 0.29) is 5.41 Å². The molecule has 2 aliphatic rings. The molecule has 1 aromatic rings. The molecule has 3 nitrogen and oxygen atoms in total. The minimum Gasteiger partial charge on any atom is -0.411 e. The van der Waals surface area contributed by atoms with Crippen LogP contribution in [0.2, 0.25) is 0 Å². The van der Waals surface area contributed by atoms with Crippen LogP contribution in [0.25, 0.3) is 0 Å². The van der Waals surface area contributed by atoms with Crippen LogP contribution in [0.15, 0.2) is 48.1 Å². The molecule has 1 saturated carbocycles. The van der Waals surface area contributed by atoms with Crippen molar-refractivity contribution >= 4 is 5.71 Å². The maximum absolute atomic E-state index is 9.55. The highest BCUT2D eigenvalue weighted by Crippen LogP contribution is 2.52. The fraction of sp³-hybridized carbons (Fsp3) is 0.526. The van der Waals surface area contributed by atoms with Crippen LogP contribution < -0.4 is 0 Å². The minimum atomic E-state index is -0.0330. The molecule has 0 unspecified atom stereocenters. The van der Waals surface area contributed by atoms with E-state index < -0.39 is 0 Å². The standard InChI is InChI=1S/C19H26N2O/c1-3-13-21-16(15-9-5-4-6-10-15)14-19(2)17(20-22)11-7-8-12-18(19)21/h3-6,9-10,16,18,22H,1,7-8,11-14H2,2H3/b20-17-/t16-,18-,19+/m0/s1. The summed E-state index contributed by atoms with van der Waals surface area (Å²) in [5.74, 6) is 0. The highest BCUT2D eigenvalue weighted by atomic mass is 16.4. The van der Waals surface area contributed by atoms with Gasteiger partial charge >= 0.3 is 0 Å². The summed E-state index contributed by atoms with van der Waals surface area (Å²) in [6.45, 7) is 7.13. The fourth-order valence-electron chi connectivity index (χ4n) is 4.50. The molecule has 0 radical (unpaired) electrons. The summed E-state index contributed by atoms with van der Waals surface area (Å²) in [6, 6.07) is 11.5. The Morgan fingerprint density at radius 1 is 1.36 bits per heavy atom. The predicted molar refractivity (Wildman–Crippen MR) is 90.3 cm³/mol. The minimum absolute atomic E-state index is 0.0330. The molecule has 0 spiro atoms. The topological polar surface area (TPSA) is 35.8 Å². The van der Waals surface area contributed by atoms with Crippen molar-refractivity contribution in [3.05, 3.63) is 48.6 Å². The Morgan fingerprint density at radius 3 is 2.82 bits per heavy atom. The molecule has 1 N–H and O–H groups in total. The van der Waals surface area contributed by atoms with Gasteiger partial charge in [0.2, 0.25) is 0 Å². The van der Waals surface area contributed by atoms with E-state index in [0.29, 0.717) is 12.1 Å². The third kappa shape index (κ3) is 2.48. The summed E-state index contributed by atoms with van der Waals surface area (Å²) in [5.41, 5.74) is 2.31. The van der Waals surface area contributed by atoms with Gasteiger partial charge in [-0.25, -0.2) is 0 Å². The summed E-state index contributed by atoms with van der Waals surface area (Å²) in [5, 5.41) is 13.3. The van der Waals surface area contributed by atoms with E-state index in [4.69, 9.17) is 0 Å². The first-order valence-electron chi connectivity index (χ1n) is 8.33. The Labute approximate surface area is 133 Å². The van der Waals surface area contributed by atoms with Crippen LogP contribution in [-0.2, 0) is 0 Å². The average molecular weight is 298 g/mol. The van der Waals surface area contributed by atoms with Crippen LogP contribution in [0.3, 0.4) is 0 Å². The largest absolute Gasteiger partial charge is 0.411 e. The second kappa shape index (κ2) is 6.25. The first-order valence-corrected chi connectivity index (χ1v) is 8.33. The van der Waals surface area contributed by atoms with Gasteiger partial charge in [-0.15, -0.1) is 6.58 Å². The van der Waals surface area contributed by atoms with Crippen molar-refractivity contribution in [3.8, 4) is 0 Å². The Bertz CT molecular complexity index is 554. The van der Waals surface area contributed by atoms with Gasteiger partial charge < -0.3 is 5.21 Å². The Kier molecular flexibility index (Phi) is 4.34. The van der Waals surface area contributed by atoms with Crippen molar-refractivity contribution in [1.29, 1.82) is 0 Å². The number of hydrogen-bond donors (Lipinski definition) is 1. The number of likely N-dealkylation sites (tertiary alicyclic amines) is 1. The van der Waals surface area contributed by atoms with E-state index >= 15 is 0 Å². The molecule has 3 atom stereocenters. The molecular weight excluding hydrogens is 272 g/mol. The van der Waals surface area contributed by atoms with Gasteiger partial charge in [0, 0.05) is 24.0 Å². The Balaban J connectivity index is 2.01. The maximum Gasteiger partial charge on any atom is 0.0645 e. The van der Waals surface area contributed by atoms with Crippen molar-refractivity contribution in [1.82, 2.24) is 4.90 Å². The van der Waals surface area contributed by atoms with Crippen LogP contribution in [-0.4, -0.2) is 28.4 Å². The van der Waals surface area contributed by atoms with E-state index in [1.165, 1.54) is 18.4 Å². The van der Waals surface area contributed by atoms with Gasteiger partial charge in [0.1, 0.15) is 0 Å². The van der Waals surface area contributed by atoms with Gasteiger partial charge in [0.15, 0.2) is 0 Å². The summed E-state index contributed by atoms with van der Waals surface area (Å²) < 4.78 is 0. The van der Waals surface area contributed by atoms with E-state index in [1.807, 2.05) is 6.08 Å². The molecule has 1 aliphatic heterocycles.